The number of amides is 1. The topological polar surface area (TPSA) is 86.8 Å². The van der Waals surface area contributed by atoms with Gasteiger partial charge < -0.3 is 14.5 Å². The van der Waals surface area contributed by atoms with Crippen LogP contribution in [-0.4, -0.2) is 58.4 Å². The molecule has 1 aromatic carbocycles. The van der Waals surface area contributed by atoms with Crippen molar-refractivity contribution in [2.75, 3.05) is 37.7 Å². The fourth-order valence-corrected chi connectivity index (χ4v) is 3.98. The summed E-state index contributed by atoms with van der Waals surface area (Å²) in [5.74, 6) is 0. The number of halogens is 1. The number of ether oxygens (including phenoxy) is 1. The number of carbonyl (C=O) groups is 1. The van der Waals surface area contributed by atoms with E-state index >= 15 is 0 Å². The molecule has 31 heavy (non-hydrogen) atoms. The molecule has 4 rings (SSSR count). The van der Waals surface area contributed by atoms with Crippen molar-refractivity contribution >= 4 is 33.4 Å². The van der Waals surface area contributed by atoms with Crippen LogP contribution in [0.4, 0.5) is 10.5 Å². The molecule has 160 valence electrons. The van der Waals surface area contributed by atoms with Gasteiger partial charge in [-0.2, -0.15) is 10.4 Å². The molecule has 0 aliphatic carbocycles. The maximum absolute atomic E-state index is 12.2. The minimum atomic E-state index is -0.253. The molecule has 2 aromatic heterocycles. The predicted molar refractivity (Wildman–Crippen MR) is 121 cm³/mol. The van der Waals surface area contributed by atoms with Gasteiger partial charge in [0, 0.05) is 44.1 Å². The standard InChI is InChI=1S/C22H23BrN6O2/c1-2-3-10-31-22(30)28-8-6-27(7-9-28)20-5-4-16(11-17(20)12-24)18-13-25-21-19(23)14-26-29(21)15-18/h4-5,11,13-15H,2-3,6-10H2,1H3. The molecule has 0 atom stereocenters. The number of carbonyl (C=O) groups excluding carboxylic acids is 1. The zero-order valence-corrected chi connectivity index (χ0v) is 18.9. The lowest BCUT2D eigenvalue weighted by molar-refractivity contribution is 0.0989. The number of nitrogens with zero attached hydrogens (tertiary/aromatic N) is 6. The lowest BCUT2D eigenvalue weighted by Crippen LogP contribution is -2.49. The molecule has 0 spiro atoms. The normalized spacial score (nSPS) is 14.0. The fraction of sp³-hybridized carbons (Fsp3) is 0.364. The monoisotopic (exact) mass is 482 g/mol. The van der Waals surface area contributed by atoms with Crippen LogP contribution < -0.4 is 4.90 Å². The number of aromatic nitrogens is 3. The third-order valence-electron chi connectivity index (χ3n) is 5.37. The highest BCUT2D eigenvalue weighted by molar-refractivity contribution is 9.10. The van der Waals surface area contributed by atoms with Gasteiger partial charge in [0.05, 0.1) is 28.5 Å². The van der Waals surface area contributed by atoms with E-state index in [1.165, 1.54) is 0 Å². The van der Waals surface area contributed by atoms with E-state index in [-0.39, 0.29) is 6.09 Å². The second-order valence-corrected chi connectivity index (χ2v) is 8.24. The van der Waals surface area contributed by atoms with Crippen molar-refractivity contribution in [3.05, 3.63) is 46.8 Å². The van der Waals surface area contributed by atoms with Crippen molar-refractivity contribution in [3.63, 3.8) is 0 Å². The molecule has 1 fully saturated rings. The van der Waals surface area contributed by atoms with Gasteiger partial charge >= 0.3 is 6.09 Å². The molecule has 1 saturated heterocycles. The van der Waals surface area contributed by atoms with Gasteiger partial charge in [0.25, 0.3) is 0 Å². The second-order valence-electron chi connectivity index (χ2n) is 7.39. The van der Waals surface area contributed by atoms with Gasteiger partial charge in [-0.25, -0.2) is 14.3 Å². The van der Waals surface area contributed by atoms with E-state index in [9.17, 15) is 10.1 Å². The molecule has 0 N–H and O–H groups in total. The number of anilines is 1. The Labute approximate surface area is 189 Å². The SMILES string of the molecule is CCCCOC(=O)N1CCN(c2ccc(-c3cnc4c(Br)cnn4c3)cc2C#N)CC1. The molecule has 3 heterocycles. The number of unbranched alkanes of at least 4 members (excludes halogenated alkanes) is 1. The number of piperazine rings is 1. The Kier molecular flexibility index (Phi) is 6.37. The molecule has 1 aliphatic rings. The van der Waals surface area contributed by atoms with Gasteiger partial charge in [0.2, 0.25) is 0 Å². The van der Waals surface area contributed by atoms with Crippen LogP contribution in [0.3, 0.4) is 0 Å². The maximum atomic E-state index is 12.2. The highest BCUT2D eigenvalue weighted by Gasteiger charge is 2.23. The summed E-state index contributed by atoms with van der Waals surface area (Å²) >= 11 is 3.43. The molecule has 1 aliphatic heterocycles. The van der Waals surface area contributed by atoms with E-state index in [4.69, 9.17) is 4.74 Å². The average molecular weight is 483 g/mol. The van der Waals surface area contributed by atoms with Crippen molar-refractivity contribution < 1.29 is 9.53 Å². The summed E-state index contributed by atoms with van der Waals surface area (Å²) < 4.78 is 7.85. The summed E-state index contributed by atoms with van der Waals surface area (Å²) in [6, 6.07) is 8.15. The fourth-order valence-electron chi connectivity index (χ4n) is 3.60. The quantitative estimate of drug-likeness (QED) is 0.509. The Balaban J connectivity index is 1.47. The second kappa shape index (κ2) is 9.35. The van der Waals surface area contributed by atoms with E-state index in [2.05, 4.69) is 43.9 Å². The highest BCUT2D eigenvalue weighted by atomic mass is 79.9. The van der Waals surface area contributed by atoms with Gasteiger partial charge in [-0.3, -0.25) is 0 Å². The Morgan fingerprint density at radius 1 is 1.23 bits per heavy atom. The van der Waals surface area contributed by atoms with Crippen molar-refractivity contribution in [2.24, 2.45) is 0 Å². The number of rotatable bonds is 5. The van der Waals surface area contributed by atoms with Crippen LogP contribution in [0.1, 0.15) is 25.3 Å². The molecule has 1 amide bonds. The average Bonchev–Trinajstić information content (AvgIpc) is 3.19. The first-order valence-electron chi connectivity index (χ1n) is 10.3. The molecular formula is C22H23BrN6O2. The third-order valence-corrected chi connectivity index (χ3v) is 5.93. The summed E-state index contributed by atoms with van der Waals surface area (Å²) in [6.45, 7) is 5.00. The van der Waals surface area contributed by atoms with E-state index in [1.54, 1.807) is 21.8 Å². The van der Waals surface area contributed by atoms with E-state index in [0.29, 0.717) is 38.3 Å². The smallest absolute Gasteiger partial charge is 0.409 e. The first kappa shape index (κ1) is 21.1. The van der Waals surface area contributed by atoms with Crippen LogP contribution in [0.15, 0.2) is 41.3 Å². The molecule has 0 saturated carbocycles. The van der Waals surface area contributed by atoms with Crippen molar-refractivity contribution in [1.29, 1.82) is 5.26 Å². The van der Waals surface area contributed by atoms with Crippen molar-refractivity contribution in [3.8, 4) is 17.2 Å². The maximum Gasteiger partial charge on any atom is 0.409 e. The molecule has 3 aromatic rings. The van der Waals surface area contributed by atoms with Gasteiger partial charge in [-0.15, -0.1) is 0 Å². The summed E-state index contributed by atoms with van der Waals surface area (Å²) in [5.41, 5.74) is 4.00. The first-order valence-corrected chi connectivity index (χ1v) is 11.1. The summed E-state index contributed by atoms with van der Waals surface area (Å²) in [4.78, 5) is 20.5. The van der Waals surface area contributed by atoms with Crippen LogP contribution in [0.5, 0.6) is 0 Å². The molecule has 0 unspecified atom stereocenters. The Morgan fingerprint density at radius 2 is 2.03 bits per heavy atom. The van der Waals surface area contributed by atoms with Gasteiger partial charge in [0.15, 0.2) is 5.65 Å². The minimum absolute atomic E-state index is 0.253. The highest BCUT2D eigenvalue weighted by Crippen LogP contribution is 2.28. The molecule has 0 bridgehead atoms. The van der Waals surface area contributed by atoms with Crippen LogP contribution in [0.25, 0.3) is 16.8 Å². The number of fused-ring (bicyclic) bond motifs is 1. The van der Waals surface area contributed by atoms with Crippen LogP contribution in [0.2, 0.25) is 0 Å². The van der Waals surface area contributed by atoms with Gasteiger partial charge in [-0.05, 0) is 40.0 Å². The zero-order valence-electron chi connectivity index (χ0n) is 17.3. The molecule has 0 radical (unpaired) electrons. The largest absolute Gasteiger partial charge is 0.449 e. The van der Waals surface area contributed by atoms with E-state index in [0.717, 1.165) is 39.8 Å². The number of benzene rings is 1. The van der Waals surface area contributed by atoms with Crippen LogP contribution >= 0.6 is 15.9 Å². The van der Waals surface area contributed by atoms with E-state index in [1.807, 2.05) is 24.4 Å². The third kappa shape index (κ3) is 4.49. The van der Waals surface area contributed by atoms with Crippen molar-refractivity contribution in [2.45, 2.75) is 19.8 Å². The lowest BCUT2D eigenvalue weighted by Gasteiger charge is -2.36. The summed E-state index contributed by atoms with van der Waals surface area (Å²) in [6.07, 6.45) is 7.00. The van der Waals surface area contributed by atoms with Crippen LogP contribution in [0, 0.1) is 11.3 Å². The van der Waals surface area contributed by atoms with Crippen LogP contribution in [-0.2, 0) is 4.74 Å². The predicted octanol–water partition coefficient (Wildman–Crippen LogP) is 4.09. The Bertz CT molecular complexity index is 1130. The van der Waals surface area contributed by atoms with E-state index < -0.39 is 0 Å². The Morgan fingerprint density at radius 3 is 2.77 bits per heavy atom. The molecular weight excluding hydrogens is 460 g/mol. The number of hydrogen-bond acceptors (Lipinski definition) is 6. The van der Waals surface area contributed by atoms with Crippen molar-refractivity contribution in [1.82, 2.24) is 19.5 Å². The lowest BCUT2D eigenvalue weighted by atomic mass is 10.0. The number of nitriles is 1. The molecule has 8 nitrogen and oxygen atoms in total. The van der Waals surface area contributed by atoms with Gasteiger partial charge in [-0.1, -0.05) is 19.4 Å². The van der Waals surface area contributed by atoms with Gasteiger partial charge in [0.1, 0.15) is 6.07 Å². The summed E-state index contributed by atoms with van der Waals surface area (Å²) in [7, 11) is 0. The summed E-state index contributed by atoms with van der Waals surface area (Å²) in [5, 5.41) is 14.0. The Hall–Kier alpha value is -3.12. The number of hydrogen-bond donors (Lipinski definition) is 0. The zero-order chi connectivity index (χ0) is 21.8. The minimum Gasteiger partial charge on any atom is -0.449 e. The molecule has 9 heteroatoms. The first-order chi connectivity index (χ1) is 15.1.